The van der Waals surface area contributed by atoms with Crippen molar-refractivity contribution < 1.29 is 4.84 Å². The molecule has 0 spiro atoms. The predicted octanol–water partition coefficient (Wildman–Crippen LogP) is 4.01. The number of hydrogen-bond donors (Lipinski definition) is 0. The largest absolute Gasteiger partial charge is 0.396 e. The Morgan fingerprint density at radius 1 is 1.12 bits per heavy atom. The summed E-state index contributed by atoms with van der Waals surface area (Å²) in [5.41, 5.74) is 2.06. The smallest absolute Gasteiger partial charge is 0.117 e. The van der Waals surface area contributed by atoms with Crippen LogP contribution in [0.25, 0.3) is 0 Å². The molecule has 0 aromatic heterocycles. The van der Waals surface area contributed by atoms with E-state index in [1.54, 1.807) is 0 Å². The van der Waals surface area contributed by atoms with Crippen molar-refractivity contribution in [1.82, 2.24) is 0 Å². The van der Waals surface area contributed by atoms with Crippen LogP contribution in [0.3, 0.4) is 0 Å². The van der Waals surface area contributed by atoms with Crippen LogP contribution in [0, 0.1) is 0 Å². The number of unbranched alkanes of at least 4 members (excludes halogenated alkanes) is 3. The molecule has 0 amide bonds. The summed E-state index contributed by atoms with van der Waals surface area (Å²) in [6.45, 7) is 4.91. The van der Waals surface area contributed by atoms with Gasteiger partial charge in [-0.1, -0.05) is 55.3 Å². The fraction of sp³-hybridized carbons (Fsp3) is 0.500. The molecule has 2 nitrogen and oxygen atoms in total. The fourth-order valence-electron chi connectivity index (χ4n) is 1.47. The Hall–Kier alpha value is -1.31. The van der Waals surface area contributed by atoms with Crippen molar-refractivity contribution in [3.05, 3.63) is 35.9 Å². The van der Waals surface area contributed by atoms with Gasteiger partial charge in [0.25, 0.3) is 0 Å². The van der Waals surface area contributed by atoms with Crippen molar-refractivity contribution >= 4 is 5.71 Å². The maximum Gasteiger partial charge on any atom is 0.117 e. The molecule has 0 aliphatic rings. The summed E-state index contributed by atoms with van der Waals surface area (Å²) >= 11 is 0. The summed E-state index contributed by atoms with van der Waals surface area (Å²) < 4.78 is 0. The minimum absolute atomic E-state index is 0.726. The van der Waals surface area contributed by atoms with Crippen molar-refractivity contribution in [1.29, 1.82) is 0 Å². The molecule has 0 radical (unpaired) electrons. The van der Waals surface area contributed by atoms with Crippen LogP contribution in [0.5, 0.6) is 0 Å². The van der Waals surface area contributed by atoms with E-state index in [0.717, 1.165) is 24.3 Å². The maximum atomic E-state index is 5.28. The van der Waals surface area contributed by atoms with Gasteiger partial charge in [-0.15, -0.1) is 0 Å². The van der Waals surface area contributed by atoms with Crippen molar-refractivity contribution in [2.75, 3.05) is 6.61 Å². The molecule has 2 heteroatoms. The lowest BCUT2D eigenvalue weighted by Gasteiger charge is -2.02. The maximum absolute atomic E-state index is 5.28. The van der Waals surface area contributed by atoms with Gasteiger partial charge >= 0.3 is 0 Å². The third kappa shape index (κ3) is 4.96. The molecule has 0 aliphatic carbocycles. The molecule has 0 saturated heterocycles. The molecule has 88 valence electrons. The molecule has 1 aromatic rings. The minimum atomic E-state index is 0.726. The normalized spacial score (nSPS) is 11.5. The number of oxime groups is 1. The molecular formula is C14H21NO. The van der Waals surface area contributed by atoms with Crippen LogP contribution in [-0.2, 0) is 4.84 Å². The molecule has 0 atom stereocenters. The average molecular weight is 219 g/mol. The van der Waals surface area contributed by atoms with Gasteiger partial charge in [0.05, 0.1) is 5.71 Å². The molecule has 0 N–H and O–H groups in total. The predicted molar refractivity (Wildman–Crippen MR) is 68.7 cm³/mol. The summed E-state index contributed by atoms with van der Waals surface area (Å²) in [6.07, 6.45) is 4.87. The highest BCUT2D eigenvalue weighted by molar-refractivity contribution is 5.98. The van der Waals surface area contributed by atoms with Crippen molar-refractivity contribution in [3.63, 3.8) is 0 Å². The Morgan fingerprint density at radius 2 is 1.88 bits per heavy atom. The standard InChI is InChI=1S/C14H21NO/c1-3-4-5-9-12-16-15-13(2)14-10-7-6-8-11-14/h6-8,10-11H,3-5,9,12H2,1-2H3/b15-13-. The lowest BCUT2D eigenvalue weighted by molar-refractivity contribution is 0.139. The van der Waals surface area contributed by atoms with Crippen LogP contribution in [0.1, 0.15) is 45.1 Å². The van der Waals surface area contributed by atoms with E-state index in [2.05, 4.69) is 12.1 Å². The van der Waals surface area contributed by atoms with Gasteiger partial charge in [-0.2, -0.15) is 0 Å². The molecule has 0 bridgehead atoms. The summed E-state index contributed by atoms with van der Waals surface area (Å²) in [5, 5.41) is 4.11. The molecule has 0 heterocycles. The van der Waals surface area contributed by atoms with Crippen molar-refractivity contribution in [3.8, 4) is 0 Å². The molecule has 1 aromatic carbocycles. The molecule has 0 unspecified atom stereocenters. The van der Waals surface area contributed by atoms with Crippen LogP contribution in [0.4, 0.5) is 0 Å². The van der Waals surface area contributed by atoms with E-state index in [-0.39, 0.29) is 0 Å². The van der Waals surface area contributed by atoms with Gasteiger partial charge in [-0.25, -0.2) is 0 Å². The topological polar surface area (TPSA) is 21.6 Å². The van der Waals surface area contributed by atoms with Gasteiger partial charge in [0.2, 0.25) is 0 Å². The van der Waals surface area contributed by atoms with Gasteiger partial charge in [0.1, 0.15) is 6.61 Å². The van der Waals surface area contributed by atoms with E-state index < -0.39 is 0 Å². The van der Waals surface area contributed by atoms with Gasteiger partial charge in [-0.3, -0.25) is 0 Å². The summed E-state index contributed by atoms with van der Waals surface area (Å²) in [6, 6.07) is 10.1. The van der Waals surface area contributed by atoms with Crippen LogP contribution in [0.15, 0.2) is 35.5 Å². The van der Waals surface area contributed by atoms with E-state index in [9.17, 15) is 0 Å². The second-order valence-corrected chi connectivity index (χ2v) is 3.94. The first kappa shape index (κ1) is 12.8. The number of benzene rings is 1. The highest BCUT2D eigenvalue weighted by Gasteiger charge is 1.95. The highest BCUT2D eigenvalue weighted by Crippen LogP contribution is 2.02. The summed E-state index contributed by atoms with van der Waals surface area (Å²) in [5.74, 6) is 0. The van der Waals surface area contributed by atoms with Crippen molar-refractivity contribution in [2.45, 2.75) is 39.5 Å². The first-order chi connectivity index (χ1) is 7.84. The molecule has 0 saturated carbocycles. The van der Waals surface area contributed by atoms with Crippen LogP contribution >= 0.6 is 0 Å². The summed E-state index contributed by atoms with van der Waals surface area (Å²) in [4.78, 5) is 5.28. The number of hydrogen-bond acceptors (Lipinski definition) is 2. The molecule has 0 fully saturated rings. The van der Waals surface area contributed by atoms with Gasteiger partial charge in [-0.05, 0) is 25.3 Å². The van der Waals surface area contributed by atoms with Crippen molar-refractivity contribution in [2.24, 2.45) is 5.16 Å². The fourth-order valence-corrected chi connectivity index (χ4v) is 1.47. The van der Waals surface area contributed by atoms with Crippen LogP contribution < -0.4 is 0 Å². The SMILES string of the molecule is CCCCCCO/N=C(/C)c1ccccc1. The van der Waals surface area contributed by atoms with E-state index in [4.69, 9.17) is 4.84 Å². The molecular weight excluding hydrogens is 198 g/mol. The van der Waals surface area contributed by atoms with Crippen LogP contribution in [-0.4, -0.2) is 12.3 Å². The Balaban J connectivity index is 2.24. The zero-order valence-corrected chi connectivity index (χ0v) is 10.3. The van der Waals surface area contributed by atoms with Gasteiger partial charge in [0.15, 0.2) is 0 Å². The van der Waals surface area contributed by atoms with Gasteiger partial charge < -0.3 is 4.84 Å². The first-order valence-corrected chi connectivity index (χ1v) is 6.06. The zero-order chi connectivity index (χ0) is 11.6. The second kappa shape index (κ2) is 7.91. The molecule has 1 rings (SSSR count). The van der Waals surface area contributed by atoms with Crippen LogP contribution in [0.2, 0.25) is 0 Å². The van der Waals surface area contributed by atoms with E-state index in [0.29, 0.717) is 0 Å². The number of nitrogens with zero attached hydrogens (tertiary/aromatic N) is 1. The monoisotopic (exact) mass is 219 g/mol. The van der Waals surface area contributed by atoms with Gasteiger partial charge in [0, 0.05) is 0 Å². The third-order valence-electron chi connectivity index (χ3n) is 2.48. The molecule has 16 heavy (non-hydrogen) atoms. The lowest BCUT2D eigenvalue weighted by Crippen LogP contribution is -1.97. The Morgan fingerprint density at radius 3 is 2.56 bits per heavy atom. The van der Waals surface area contributed by atoms with E-state index in [1.807, 2.05) is 37.3 Å². The first-order valence-electron chi connectivity index (χ1n) is 6.06. The van der Waals surface area contributed by atoms with E-state index in [1.165, 1.54) is 19.3 Å². The molecule has 0 aliphatic heterocycles. The summed E-state index contributed by atoms with van der Waals surface area (Å²) in [7, 11) is 0. The third-order valence-corrected chi connectivity index (χ3v) is 2.48. The number of rotatable bonds is 7. The minimum Gasteiger partial charge on any atom is -0.396 e. The van der Waals surface area contributed by atoms with E-state index >= 15 is 0 Å². The highest BCUT2D eigenvalue weighted by atomic mass is 16.6. The zero-order valence-electron chi connectivity index (χ0n) is 10.3. The average Bonchev–Trinajstić information content (AvgIpc) is 2.34. The second-order valence-electron chi connectivity index (χ2n) is 3.94. The Bertz CT molecular complexity index is 306. The Labute approximate surface area is 98.3 Å². The Kier molecular flexibility index (Phi) is 6.31. The lowest BCUT2D eigenvalue weighted by atomic mass is 10.1. The quantitative estimate of drug-likeness (QED) is 0.386.